The quantitative estimate of drug-likeness (QED) is 0.485. The molecule has 3 rings (SSSR count). The van der Waals surface area contributed by atoms with Crippen molar-refractivity contribution in [1.82, 2.24) is 9.78 Å². The second kappa shape index (κ2) is 7.66. The molecule has 0 aliphatic rings. The molecule has 1 aromatic heterocycles. The number of alkyl halides is 1. The zero-order chi connectivity index (χ0) is 18.7. The monoisotopic (exact) mass is 376 g/mol. The van der Waals surface area contributed by atoms with Crippen LogP contribution in [0.15, 0.2) is 42.5 Å². The Balaban J connectivity index is 2.08. The van der Waals surface area contributed by atoms with Crippen LogP contribution >= 0.6 is 11.6 Å². The molecule has 2 aromatic carbocycles. The van der Waals surface area contributed by atoms with Crippen molar-refractivity contribution >= 4 is 34.5 Å². The van der Waals surface area contributed by atoms with Crippen LogP contribution in [0.4, 0.5) is 8.78 Å². The molecule has 134 valence electrons. The van der Waals surface area contributed by atoms with Crippen LogP contribution in [0.25, 0.3) is 17.0 Å². The SMILES string of the molecule is COC(=O)/C=C/c1nn(Cc2ccc(Cl)cc2F)c2cc(CF)ccc12. The first-order chi connectivity index (χ1) is 12.5. The van der Waals surface area contributed by atoms with E-state index in [-0.39, 0.29) is 6.54 Å². The van der Waals surface area contributed by atoms with Crippen molar-refractivity contribution in [3.63, 3.8) is 0 Å². The van der Waals surface area contributed by atoms with Crippen molar-refractivity contribution in [2.24, 2.45) is 0 Å². The first kappa shape index (κ1) is 18.1. The number of nitrogens with zero attached hydrogens (tertiary/aromatic N) is 2. The van der Waals surface area contributed by atoms with Gasteiger partial charge >= 0.3 is 5.97 Å². The number of halogens is 3. The number of rotatable bonds is 5. The van der Waals surface area contributed by atoms with Gasteiger partial charge in [-0.05, 0) is 29.8 Å². The van der Waals surface area contributed by atoms with E-state index in [9.17, 15) is 13.6 Å². The normalized spacial score (nSPS) is 11.4. The van der Waals surface area contributed by atoms with Crippen LogP contribution in [0.2, 0.25) is 5.02 Å². The number of methoxy groups -OCH3 is 1. The smallest absolute Gasteiger partial charge is 0.330 e. The number of ether oxygens (including phenoxy) is 1. The van der Waals surface area contributed by atoms with E-state index in [0.29, 0.717) is 27.4 Å². The molecule has 0 aliphatic heterocycles. The van der Waals surface area contributed by atoms with Gasteiger partial charge in [-0.15, -0.1) is 0 Å². The number of hydrogen-bond donors (Lipinski definition) is 0. The minimum absolute atomic E-state index is 0.140. The molecular weight excluding hydrogens is 362 g/mol. The summed E-state index contributed by atoms with van der Waals surface area (Å²) < 4.78 is 33.3. The van der Waals surface area contributed by atoms with Crippen LogP contribution in [0, 0.1) is 5.82 Å². The molecule has 0 aliphatic carbocycles. The minimum Gasteiger partial charge on any atom is -0.466 e. The summed E-state index contributed by atoms with van der Waals surface area (Å²) in [5.41, 5.74) is 2.02. The van der Waals surface area contributed by atoms with Gasteiger partial charge in [0, 0.05) is 22.0 Å². The molecule has 0 saturated heterocycles. The van der Waals surface area contributed by atoms with Crippen molar-refractivity contribution in [1.29, 1.82) is 0 Å². The standard InChI is InChI=1S/C19H15ClF2N2O2/c1-26-19(25)7-6-17-15-5-2-12(10-21)8-18(15)24(23-17)11-13-3-4-14(20)9-16(13)22/h2-9H,10-11H2,1H3/b7-6+. The van der Waals surface area contributed by atoms with E-state index < -0.39 is 18.5 Å². The van der Waals surface area contributed by atoms with Gasteiger partial charge in [-0.3, -0.25) is 4.68 Å². The van der Waals surface area contributed by atoms with Crippen molar-refractivity contribution < 1.29 is 18.3 Å². The summed E-state index contributed by atoms with van der Waals surface area (Å²) in [5.74, 6) is -0.966. The summed E-state index contributed by atoms with van der Waals surface area (Å²) in [4.78, 5) is 11.3. The van der Waals surface area contributed by atoms with Gasteiger partial charge in [-0.2, -0.15) is 5.10 Å². The fourth-order valence-electron chi connectivity index (χ4n) is 2.60. The molecular formula is C19H15ClF2N2O2. The molecule has 0 bridgehead atoms. The highest BCUT2D eigenvalue weighted by Crippen LogP contribution is 2.24. The Morgan fingerprint density at radius 1 is 1.31 bits per heavy atom. The molecule has 0 N–H and O–H groups in total. The number of esters is 1. The number of aromatic nitrogens is 2. The summed E-state index contributed by atoms with van der Waals surface area (Å²) >= 11 is 5.79. The van der Waals surface area contributed by atoms with E-state index in [2.05, 4.69) is 9.84 Å². The highest BCUT2D eigenvalue weighted by atomic mass is 35.5. The molecule has 0 saturated carbocycles. The Morgan fingerprint density at radius 3 is 2.81 bits per heavy atom. The van der Waals surface area contributed by atoms with E-state index in [1.165, 1.54) is 25.3 Å². The maximum absolute atomic E-state index is 14.1. The number of fused-ring (bicyclic) bond motifs is 1. The summed E-state index contributed by atoms with van der Waals surface area (Å²) in [5, 5.41) is 5.45. The van der Waals surface area contributed by atoms with Gasteiger partial charge in [0.2, 0.25) is 0 Å². The van der Waals surface area contributed by atoms with Crippen LogP contribution in [0.3, 0.4) is 0 Å². The molecule has 4 nitrogen and oxygen atoms in total. The van der Waals surface area contributed by atoms with E-state index in [4.69, 9.17) is 11.6 Å². The zero-order valence-corrected chi connectivity index (χ0v) is 14.6. The molecule has 26 heavy (non-hydrogen) atoms. The van der Waals surface area contributed by atoms with Crippen molar-refractivity contribution in [3.8, 4) is 0 Å². The third kappa shape index (κ3) is 3.75. The number of benzene rings is 2. The highest BCUT2D eigenvalue weighted by Gasteiger charge is 2.12. The van der Waals surface area contributed by atoms with Crippen LogP contribution in [0.1, 0.15) is 16.8 Å². The Kier molecular flexibility index (Phi) is 5.32. The maximum Gasteiger partial charge on any atom is 0.330 e. The van der Waals surface area contributed by atoms with Crippen LogP contribution in [-0.4, -0.2) is 22.9 Å². The second-order valence-electron chi connectivity index (χ2n) is 5.62. The lowest BCUT2D eigenvalue weighted by atomic mass is 10.1. The number of carbonyl (C=O) groups excluding carboxylic acids is 1. The number of hydrogen-bond acceptors (Lipinski definition) is 3. The molecule has 0 atom stereocenters. The van der Waals surface area contributed by atoms with Gasteiger partial charge in [0.15, 0.2) is 0 Å². The maximum atomic E-state index is 14.1. The van der Waals surface area contributed by atoms with E-state index >= 15 is 0 Å². The fraction of sp³-hybridized carbons (Fsp3) is 0.158. The van der Waals surface area contributed by atoms with E-state index in [1.54, 1.807) is 35.0 Å². The molecule has 7 heteroatoms. The van der Waals surface area contributed by atoms with Gasteiger partial charge in [0.1, 0.15) is 12.5 Å². The van der Waals surface area contributed by atoms with E-state index in [0.717, 1.165) is 5.39 Å². The molecule has 0 radical (unpaired) electrons. The number of carbonyl (C=O) groups is 1. The molecule has 3 aromatic rings. The average Bonchev–Trinajstić information content (AvgIpc) is 2.98. The predicted molar refractivity (Wildman–Crippen MR) is 96.1 cm³/mol. The van der Waals surface area contributed by atoms with Crippen LogP contribution < -0.4 is 0 Å². The van der Waals surface area contributed by atoms with Crippen molar-refractivity contribution in [2.75, 3.05) is 7.11 Å². The molecule has 0 unspecified atom stereocenters. The van der Waals surface area contributed by atoms with Crippen molar-refractivity contribution in [2.45, 2.75) is 13.2 Å². The molecule has 0 fully saturated rings. The Hall–Kier alpha value is -2.73. The van der Waals surface area contributed by atoms with Gasteiger partial charge in [0.05, 0.1) is 24.9 Å². The topological polar surface area (TPSA) is 44.1 Å². The largest absolute Gasteiger partial charge is 0.466 e. The second-order valence-corrected chi connectivity index (χ2v) is 6.06. The first-order valence-corrected chi connectivity index (χ1v) is 8.15. The molecule has 0 amide bonds. The third-order valence-electron chi connectivity index (χ3n) is 3.91. The van der Waals surface area contributed by atoms with Crippen LogP contribution in [-0.2, 0) is 22.8 Å². The van der Waals surface area contributed by atoms with Crippen molar-refractivity contribution in [3.05, 3.63) is 70.1 Å². The lowest BCUT2D eigenvalue weighted by Crippen LogP contribution is -2.04. The zero-order valence-electron chi connectivity index (χ0n) is 13.9. The molecule has 0 spiro atoms. The van der Waals surface area contributed by atoms with Gasteiger partial charge in [0.25, 0.3) is 0 Å². The average molecular weight is 377 g/mol. The summed E-state index contributed by atoms with van der Waals surface area (Å²) in [7, 11) is 1.28. The summed E-state index contributed by atoms with van der Waals surface area (Å²) in [6.07, 6.45) is 2.76. The van der Waals surface area contributed by atoms with Gasteiger partial charge in [-0.25, -0.2) is 13.6 Å². The lowest BCUT2D eigenvalue weighted by molar-refractivity contribution is -0.134. The lowest BCUT2D eigenvalue weighted by Gasteiger charge is -2.06. The minimum atomic E-state index is -0.621. The Labute approximate surface area is 153 Å². The van der Waals surface area contributed by atoms with Gasteiger partial charge < -0.3 is 4.74 Å². The van der Waals surface area contributed by atoms with Gasteiger partial charge in [-0.1, -0.05) is 29.8 Å². The summed E-state index contributed by atoms with van der Waals surface area (Å²) in [6.45, 7) is -0.481. The third-order valence-corrected chi connectivity index (χ3v) is 4.15. The van der Waals surface area contributed by atoms with Crippen LogP contribution in [0.5, 0.6) is 0 Å². The Bertz CT molecular complexity index is 999. The Morgan fingerprint density at radius 2 is 2.12 bits per heavy atom. The van der Waals surface area contributed by atoms with E-state index in [1.807, 2.05) is 0 Å². The fourth-order valence-corrected chi connectivity index (χ4v) is 2.76. The molecule has 1 heterocycles. The summed E-state index contributed by atoms with van der Waals surface area (Å²) in [6, 6.07) is 9.43. The first-order valence-electron chi connectivity index (χ1n) is 7.77. The highest BCUT2D eigenvalue weighted by molar-refractivity contribution is 6.30. The predicted octanol–water partition coefficient (Wildman–Crippen LogP) is 4.53.